The molecule has 0 fully saturated rings. The number of halogens is 1. The number of carbonyl (C=O) groups excluding carboxylic acids is 2. The topological polar surface area (TPSA) is 75.4 Å². The average molecular weight is 250 g/mol. The molecule has 6 heteroatoms. The maximum absolute atomic E-state index is 11.4. The van der Waals surface area contributed by atoms with Crippen molar-refractivity contribution in [1.82, 2.24) is 10.2 Å². The van der Waals surface area contributed by atoms with E-state index >= 15 is 0 Å². The Labute approximate surface area is 102 Å². The fourth-order valence-electron chi connectivity index (χ4n) is 0.979. The Balaban J connectivity index is 0. The van der Waals surface area contributed by atoms with Crippen molar-refractivity contribution in [3.05, 3.63) is 12.7 Å². The molecule has 3 N–H and O–H groups in total. The molecule has 0 aliphatic rings. The van der Waals surface area contributed by atoms with Crippen molar-refractivity contribution in [3.63, 3.8) is 0 Å². The lowest BCUT2D eigenvalue weighted by atomic mass is 10.3. The number of nitrogens with one attached hydrogen (secondary N) is 1. The van der Waals surface area contributed by atoms with Crippen LogP contribution in [0.4, 0.5) is 0 Å². The smallest absolute Gasteiger partial charge is 0.241 e. The second kappa shape index (κ2) is 10.4. The van der Waals surface area contributed by atoms with Crippen LogP contribution in [-0.4, -0.2) is 43.4 Å². The van der Waals surface area contributed by atoms with Gasteiger partial charge in [0.15, 0.2) is 0 Å². The number of rotatable bonds is 7. The Morgan fingerprint density at radius 1 is 1.50 bits per heavy atom. The molecule has 0 radical (unpaired) electrons. The molecule has 0 saturated heterocycles. The normalized spacial score (nSPS) is 8.88. The van der Waals surface area contributed by atoms with Gasteiger partial charge >= 0.3 is 0 Å². The number of carbonyl (C=O) groups is 2. The van der Waals surface area contributed by atoms with Gasteiger partial charge in [0.25, 0.3) is 0 Å². The van der Waals surface area contributed by atoms with Gasteiger partial charge in [0.1, 0.15) is 0 Å². The Hall–Kier alpha value is -1.07. The molecule has 0 aromatic heterocycles. The van der Waals surface area contributed by atoms with Crippen molar-refractivity contribution in [2.75, 3.05) is 26.7 Å². The van der Waals surface area contributed by atoms with Crippen LogP contribution in [0.1, 0.15) is 12.8 Å². The van der Waals surface area contributed by atoms with E-state index < -0.39 is 0 Å². The largest absolute Gasteiger partial charge is 0.346 e. The molecule has 0 aliphatic carbocycles. The zero-order valence-electron chi connectivity index (χ0n) is 9.57. The number of hydrogen-bond donors (Lipinski definition) is 2. The number of unbranched alkanes of at least 4 members (excludes halogenated alkanes) is 1. The predicted octanol–water partition coefficient (Wildman–Crippen LogP) is -0.0923. The van der Waals surface area contributed by atoms with E-state index in [0.717, 1.165) is 12.8 Å². The van der Waals surface area contributed by atoms with E-state index in [0.29, 0.717) is 6.54 Å². The molecule has 0 bridgehead atoms. The van der Waals surface area contributed by atoms with Crippen molar-refractivity contribution >= 4 is 24.2 Å². The maximum atomic E-state index is 11.4. The van der Waals surface area contributed by atoms with Crippen LogP contribution in [0, 0.1) is 0 Å². The summed E-state index contributed by atoms with van der Waals surface area (Å²) in [6.45, 7) is 4.19. The highest BCUT2D eigenvalue weighted by molar-refractivity contribution is 5.85. The van der Waals surface area contributed by atoms with Crippen LogP contribution in [-0.2, 0) is 9.59 Å². The van der Waals surface area contributed by atoms with Gasteiger partial charge in [-0.05, 0) is 12.8 Å². The molecule has 2 amide bonds. The van der Waals surface area contributed by atoms with Gasteiger partial charge < -0.3 is 16.0 Å². The zero-order chi connectivity index (χ0) is 11.7. The third-order valence-corrected chi connectivity index (χ3v) is 1.95. The maximum Gasteiger partial charge on any atom is 0.241 e. The average Bonchev–Trinajstić information content (AvgIpc) is 2.25. The van der Waals surface area contributed by atoms with Crippen LogP contribution in [0.25, 0.3) is 0 Å². The standard InChI is InChI=1S/C10H19N3O2.ClH/c1-3-4-5-6-13(2)10(15)8-12-9(14)7-11;/h3H,1,4-8,11H2,2H3,(H,12,14);1H. The Morgan fingerprint density at radius 2 is 2.12 bits per heavy atom. The van der Waals surface area contributed by atoms with E-state index in [1.165, 1.54) is 0 Å². The number of allylic oxidation sites excluding steroid dienone is 1. The third kappa shape index (κ3) is 8.26. The minimum absolute atomic E-state index is 0. The number of nitrogens with two attached hydrogens (primary N) is 1. The van der Waals surface area contributed by atoms with E-state index in [-0.39, 0.29) is 37.3 Å². The summed E-state index contributed by atoms with van der Waals surface area (Å²) in [7, 11) is 1.71. The molecule has 5 nitrogen and oxygen atoms in total. The van der Waals surface area contributed by atoms with Crippen molar-refractivity contribution in [3.8, 4) is 0 Å². The first-order chi connectivity index (χ1) is 7.11. The highest BCUT2D eigenvalue weighted by Crippen LogP contribution is 1.93. The summed E-state index contributed by atoms with van der Waals surface area (Å²) in [5.41, 5.74) is 5.08. The highest BCUT2D eigenvalue weighted by atomic mass is 35.5. The van der Waals surface area contributed by atoms with Crippen molar-refractivity contribution in [2.24, 2.45) is 5.73 Å². The summed E-state index contributed by atoms with van der Waals surface area (Å²) in [6, 6.07) is 0. The van der Waals surface area contributed by atoms with Crippen LogP contribution in [0.3, 0.4) is 0 Å². The molecule has 0 aromatic rings. The van der Waals surface area contributed by atoms with Crippen molar-refractivity contribution in [1.29, 1.82) is 0 Å². The van der Waals surface area contributed by atoms with E-state index in [2.05, 4.69) is 11.9 Å². The van der Waals surface area contributed by atoms with Gasteiger partial charge in [0.2, 0.25) is 11.8 Å². The summed E-state index contributed by atoms with van der Waals surface area (Å²) in [5.74, 6) is -0.427. The molecule has 94 valence electrons. The molecule has 0 spiro atoms. The van der Waals surface area contributed by atoms with E-state index in [9.17, 15) is 9.59 Å². The lowest BCUT2D eigenvalue weighted by Gasteiger charge is -2.16. The fourth-order valence-corrected chi connectivity index (χ4v) is 0.979. The quantitative estimate of drug-likeness (QED) is 0.489. The highest BCUT2D eigenvalue weighted by Gasteiger charge is 2.08. The number of amides is 2. The number of nitrogens with zero attached hydrogens (tertiary/aromatic N) is 1. The summed E-state index contributed by atoms with van der Waals surface area (Å²) in [4.78, 5) is 23.8. The fraction of sp³-hybridized carbons (Fsp3) is 0.600. The summed E-state index contributed by atoms with van der Waals surface area (Å²) < 4.78 is 0. The van der Waals surface area contributed by atoms with Crippen LogP contribution < -0.4 is 11.1 Å². The Bertz CT molecular complexity index is 234. The number of likely N-dealkylation sites (N-methyl/N-ethyl adjacent to an activating group) is 1. The van der Waals surface area contributed by atoms with Gasteiger partial charge in [0.05, 0.1) is 13.1 Å². The molecule has 0 aromatic carbocycles. The zero-order valence-corrected chi connectivity index (χ0v) is 10.4. The van der Waals surface area contributed by atoms with Gasteiger partial charge in [-0.25, -0.2) is 0 Å². The first-order valence-corrected chi connectivity index (χ1v) is 4.93. The lowest BCUT2D eigenvalue weighted by Crippen LogP contribution is -2.40. The second-order valence-electron chi connectivity index (χ2n) is 3.23. The first-order valence-electron chi connectivity index (χ1n) is 4.93. The molecule has 0 atom stereocenters. The summed E-state index contributed by atoms with van der Waals surface area (Å²) >= 11 is 0. The third-order valence-electron chi connectivity index (χ3n) is 1.95. The molecular weight excluding hydrogens is 230 g/mol. The van der Waals surface area contributed by atoms with Crippen LogP contribution >= 0.6 is 12.4 Å². The molecule has 0 heterocycles. The molecule has 0 unspecified atom stereocenters. The Kier molecular flexibility index (Phi) is 11.3. The minimum atomic E-state index is -0.317. The van der Waals surface area contributed by atoms with Gasteiger partial charge in [-0.2, -0.15) is 0 Å². The first kappa shape index (κ1) is 17.3. The molecule has 0 saturated carbocycles. The van der Waals surface area contributed by atoms with Gasteiger partial charge in [-0.3, -0.25) is 9.59 Å². The van der Waals surface area contributed by atoms with Crippen LogP contribution in [0.2, 0.25) is 0 Å². The van der Waals surface area contributed by atoms with Crippen molar-refractivity contribution < 1.29 is 9.59 Å². The van der Waals surface area contributed by atoms with Gasteiger partial charge in [0, 0.05) is 13.6 Å². The van der Waals surface area contributed by atoms with Crippen molar-refractivity contribution in [2.45, 2.75) is 12.8 Å². The Morgan fingerprint density at radius 3 is 2.62 bits per heavy atom. The molecule has 0 rings (SSSR count). The summed E-state index contributed by atoms with van der Waals surface area (Å²) in [6.07, 6.45) is 3.58. The van der Waals surface area contributed by atoms with E-state index in [4.69, 9.17) is 5.73 Å². The second-order valence-corrected chi connectivity index (χ2v) is 3.23. The predicted molar refractivity (Wildman–Crippen MR) is 66.4 cm³/mol. The van der Waals surface area contributed by atoms with E-state index in [1.54, 1.807) is 11.9 Å². The van der Waals surface area contributed by atoms with E-state index in [1.807, 2.05) is 6.08 Å². The molecule has 0 aliphatic heterocycles. The van der Waals surface area contributed by atoms with Gasteiger partial charge in [-0.15, -0.1) is 19.0 Å². The number of hydrogen-bond acceptors (Lipinski definition) is 3. The van der Waals surface area contributed by atoms with Crippen LogP contribution in [0.5, 0.6) is 0 Å². The minimum Gasteiger partial charge on any atom is -0.346 e. The van der Waals surface area contributed by atoms with Gasteiger partial charge in [-0.1, -0.05) is 6.08 Å². The summed E-state index contributed by atoms with van der Waals surface area (Å²) in [5, 5.41) is 2.43. The SMILES string of the molecule is C=CCCCN(C)C(=O)CNC(=O)CN.Cl. The van der Waals surface area contributed by atoms with Crippen LogP contribution in [0.15, 0.2) is 12.7 Å². The monoisotopic (exact) mass is 249 g/mol. The molecule has 16 heavy (non-hydrogen) atoms. The lowest BCUT2D eigenvalue weighted by molar-refractivity contribution is -0.131. The molecular formula is C10H20ClN3O2.